The topological polar surface area (TPSA) is 45.5 Å². The van der Waals surface area contributed by atoms with Crippen LogP contribution in [0.2, 0.25) is 0 Å². The molecule has 1 N–H and O–H groups in total. The molecule has 1 aromatic heterocycles. The number of hydrogen-bond donors (Lipinski definition) is 1. The van der Waals surface area contributed by atoms with Gasteiger partial charge in [-0.15, -0.1) is 0 Å². The summed E-state index contributed by atoms with van der Waals surface area (Å²) in [6.07, 6.45) is 2.26. The zero-order chi connectivity index (χ0) is 18.7. The molecule has 2 heterocycles. The first kappa shape index (κ1) is 18.7. The van der Waals surface area contributed by atoms with Gasteiger partial charge in [-0.3, -0.25) is 9.69 Å². The average molecular weight is 354 g/mol. The van der Waals surface area contributed by atoms with Gasteiger partial charge in [-0.1, -0.05) is 17.2 Å². The molecule has 0 unspecified atom stereocenters. The summed E-state index contributed by atoms with van der Waals surface area (Å²) in [5.41, 5.74) is 4.33. The van der Waals surface area contributed by atoms with E-state index in [1.54, 1.807) is 0 Å². The van der Waals surface area contributed by atoms with Crippen molar-refractivity contribution in [3.8, 4) is 0 Å². The van der Waals surface area contributed by atoms with Gasteiger partial charge in [0.15, 0.2) is 0 Å². The normalized spacial score (nSPS) is 16.0. The minimum atomic E-state index is 0.0451. The van der Waals surface area contributed by atoms with E-state index in [9.17, 15) is 4.79 Å². The molecular weight excluding hydrogens is 324 g/mol. The van der Waals surface area contributed by atoms with Crippen molar-refractivity contribution in [2.45, 2.75) is 47.1 Å². The summed E-state index contributed by atoms with van der Waals surface area (Å²) in [4.78, 5) is 14.9. The van der Waals surface area contributed by atoms with Gasteiger partial charge in [-0.2, -0.15) is 0 Å². The largest absolute Gasteiger partial charge is 0.466 e. The number of benzene rings is 1. The van der Waals surface area contributed by atoms with Gasteiger partial charge in [0.05, 0.1) is 0 Å². The summed E-state index contributed by atoms with van der Waals surface area (Å²) in [6.45, 7) is 12.0. The Labute approximate surface area is 156 Å². The number of rotatable bonds is 5. The molecule has 4 nitrogen and oxygen atoms in total. The Hall–Kier alpha value is -2.07. The van der Waals surface area contributed by atoms with E-state index >= 15 is 0 Å². The van der Waals surface area contributed by atoms with Gasteiger partial charge in [0, 0.05) is 24.2 Å². The molecule has 0 atom stereocenters. The molecule has 0 bridgehead atoms. The fraction of sp³-hybridized carbons (Fsp3) is 0.500. The van der Waals surface area contributed by atoms with E-state index in [-0.39, 0.29) is 5.91 Å². The SMILES string of the molecule is Cc1cc(C)cc(C(=O)NCC2CCN(Cc3cc(C)oc3C)CC2)c1. The van der Waals surface area contributed by atoms with Crippen LogP contribution >= 0.6 is 0 Å². The van der Waals surface area contributed by atoms with E-state index in [4.69, 9.17) is 4.42 Å². The second-order valence-corrected chi connectivity index (χ2v) is 7.74. The molecule has 0 radical (unpaired) electrons. The van der Waals surface area contributed by atoms with Gasteiger partial charge in [0.25, 0.3) is 5.91 Å². The van der Waals surface area contributed by atoms with E-state index in [0.717, 1.165) is 67.2 Å². The van der Waals surface area contributed by atoms with Gasteiger partial charge < -0.3 is 9.73 Å². The molecule has 0 aliphatic carbocycles. The third kappa shape index (κ3) is 4.76. The van der Waals surface area contributed by atoms with Crippen LogP contribution in [-0.4, -0.2) is 30.4 Å². The Balaban J connectivity index is 1.45. The van der Waals surface area contributed by atoms with Gasteiger partial charge in [-0.25, -0.2) is 0 Å². The highest BCUT2D eigenvalue weighted by Crippen LogP contribution is 2.21. The first-order valence-electron chi connectivity index (χ1n) is 9.55. The molecule has 0 spiro atoms. The summed E-state index contributed by atoms with van der Waals surface area (Å²) in [5, 5.41) is 3.13. The first-order valence-corrected chi connectivity index (χ1v) is 9.55. The zero-order valence-electron chi connectivity index (χ0n) is 16.4. The van der Waals surface area contributed by atoms with Crippen LogP contribution < -0.4 is 5.32 Å². The summed E-state index contributed by atoms with van der Waals surface area (Å²) in [5.74, 6) is 2.63. The second kappa shape index (κ2) is 8.09. The van der Waals surface area contributed by atoms with Gasteiger partial charge in [0.1, 0.15) is 11.5 Å². The Morgan fingerprint density at radius 2 is 1.73 bits per heavy atom. The van der Waals surface area contributed by atoms with Crippen LogP contribution in [0.25, 0.3) is 0 Å². The van der Waals surface area contributed by atoms with Crippen molar-refractivity contribution in [1.82, 2.24) is 10.2 Å². The maximum atomic E-state index is 12.4. The lowest BCUT2D eigenvalue weighted by atomic mass is 9.96. The zero-order valence-corrected chi connectivity index (χ0v) is 16.4. The monoisotopic (exact) mass is 354 g/mol. The van der Waals surface area contributed by atoms with E-state index in [1.807, 2.05) is 39.8 Å². The van der Waals surface area contributed by atoms with Crippen LogP contribution in [0.15, 0.2) is 28.7 Å². The molecular formula is C22H30N2O2. The molecule has 1 aromatic carbocycles. The maximum Gasteiger partial charge on any atom is 0.251 e. The van der Waals surface area contributed by atoms with Crippen LogP contribution in [0, 0.1) is 33.6 Å². The van der Waals surface area contributed by atoms with Crippen LogP contribution in [0.5, 0.6) is 0 Å². The van der Waals surface area contributed by atoms with Crippen molar-refractivity contribution >= 4 is 5.91 Å². The van der Waals surface area contributed by atoms with Crippen molar-refractivity contribution in [2.24, 2.45) is 5.92 Å². The summed E-state index contributed by atoms with van der Waals surface area (Å²) in [7, 11) is 0. The molecule has 3 rings (SSSR count). The maximum absolute atomic E-state index is 12.4. The smallest absolute Gasteiger partial charge is 0.251 e. The van der Waals surface area contributed by atoms with E-state index < -0.39 is 0 Å². The highest BCUT2D eigenvalue weighted by molar-refractivity contribution is 5.94. The molecule has 1 fully saturated rings. The molecule has 1 amide bonds. The second-order valence-electron chi connectivity index (χ2n) is 7.74. The van der Waals surface area contributed by atoms with Crippen LogP contribution in [0.1, 0.15) is 51.4 Å². The predicted molar refractivity (Wildman–Crippen MR) is 104 cm³/mol. The minimum absolute atomic E-state index is 0.0451. The molecule has 26 heavy (non-hydrogen) atoms. The number of furan rings is 1. The van der Waals surface area contributed by atoms with Crippen LogP contribution in [0.3, 0.4) is 0 Å². The van der Waals surface area contributed by atoms with Gasteiger partial charge in [0.2, 0.25) is 0 Å². The number of amides is 1. The fourth-order valence-corrected chi connectivity index (χ4v) is 3.87. The summed E-state index contributed by atoms with van der Waals surface area (Å²) in [6, 6.07) is 8.15. The Kier molecular flexibility index (Phi) is 5.82. The minimum Gasteiger partial charge on any atom is -0.466 e. The molecule has 4 heteroatoms. The molecule has 1 aliphatic heterocycles. The molecule has 140 valence electrons. The third-order valence-corrected chi connectivity index (χ3v) is 5.28. The van der Waals surface area contributed by atoms with Crippen LogP contribution in [0.4, 0.5) is 0 Å². The summed E-state index contributed by atoms with van der Waals surface area (Å²) < 4.78 is 5.63. The van der Waals surface area contributed by atoms with Crippen molar-refractivity contribution in [3.63, 3.8) is 0 Å². The quantitative estimate of drug-likeness (QED) is 0.877. The number of carbonyl (C=O) groups excluding carboxylic acids is 1. The fourth-order valence-electron chi connectivity index (χ4n) is 3.87. The van der Waals surface area contributed by atoms with Gasteiger partial charge >= 0.3 is 0 Å². The lowest BCUT2D eigenvalue weighted by Gasteiger charge is -2.31. The highest BCUT2D eigenvalue weighted by Gasteiger charge is 2.21. The summed E-state index contributed by atoms with van der Waals surface area (Å²) >= 11 is 0. The van der Waals surface area contributed by atoms with Crippen molar-refractivity contribution < 1.29 is 9.21 Å². The average Bonchev–Trinajstić information content (AvgIpc) is 2.90. The number of carbonyl (C=O) groups is 1. The number of piperidine rings is 1. The lowest BCUT2D eigenvalue weighted by Crippen LogP contribution is -2.38. The van der Waals surface area contributed by atoms with E-state index in [2.05, 4.69) is 22.3 Å². The van der Waals surface area contributed by atoms with Crippen molar-refractivity contribution in [1.29, 1.82) is 0 Å². The van der Waals surface area contributed by atoms with Crippen molar-refractivity contribution in [3.05, 3.63) is 58.0 Å². The standard InChI is InChI=1S/C22H30N2O2/c1-15-9-16(2)11-20(10-15)22(25)23-13-19-5-7-24(8-6-19)14-21-12-17(3)26-18(21)4/h9-12,19H,5-8,13-14H2,1-4H3,(H,23,25). The van der Waals surface area contributed by atoms with E-state index in [0.29, 0.717) is 5.92 Å². The third-order valence-electron chi connectivity index (χ3n) is 5.28. The highest BCUT2D eigenvalue weighted by atomic mass is 16.3. The van der Waals surface area contributed by atoms with Crippen LogP contribution in [-0.2, 0) is 6.54 Å². The number of nitrogens with zero attached hydrogens (tertiary/aromatic N) is 1. The van der Waals surface area contributed by atoms with E-state index in [1.165, 1.54) is 5.56 Å². The number of nitrogens with one attached hydrogen (secondary N) is 1. The first-order chi connectivity index (χ1) is 12.4. The number of likely N-dealkylation sites (tertiary alicyclic amines) is 1. The Bertz CT molecular complexity index is 750. The molecule has 2 aromatic rings. The number of aryl methyl sites for hydroxylation is 4. The Morgan fingerprint density at radius 3 is 2.31 bits per heavy atom. The lowest BCUT2D eigenvalue weighted by molar-refractivity contribution is 0.0935. The predicted octanol–water partition coefficient (Wildman–Crippen LogP) is 4.16. The molecule has 1 aliphatic rings. The van der Waals surface area contributed by atoms with Crippen molar-refractivity contribution in [2.75, 3.05) is 19.6 Å². The molecule has 0 saturated carbocycles. The Morgan fingerprint density at radius 1 is 1.08 bits per heavy atom. The molecule has 1 saturated heterocycles. The van der Waals surface area contributed by atoms with Gasteiger partial charge in [-0.05, 0) is 77.7 Å². The number of hydrogen-bond acceptors (Lipinski definition) is 3.